The molecule has 0 aliphatic heterocycles. The number of carbonyl (C=O) groups is 7. The lowest BCUT2D eigenvalue weighted by molar-refractivity contribution is -0.177. The maximum atomic E-state index is 14.4. The van der Waals surface area contributed by atoms with Crippen molar-refractivity contribution in [2.75, 3.05) is 61.7 Å². The standard InChI is InChI=1S/C39H40N4O20/c1-53-36(49)58-25-14-6-11-22(29(25)61-38(51)55-3)32(45)41(18-10-20-43-34(47)24-13-8-16-27(63-57-5)31(24)60-35(43)48)17-9-19-42(21-28(40)44)33(46)23-12-7-15-26(59-37(50)54-2)30(23)62-39(52)56-4/h6-8,11-16H,9-10,17-21H2,1-5H3,(H2,40,44). The first-order chi connectivity index (χ1) is 30.2. The Morgan fingerprint density at radius 1 is 0.603 bits per heavy atom. The van der Waals surface area contributed by atoms with Gasteiger partial charge in [-0.1, -0.05) is 18.2 Å². The van der Waals surface area contributed by atoms with Crippen molar-refractivity contribution in [2.24, 2.45) is 5.73 Å². The Bertz CT molecular complexity index is 2480. The molecule has 0 aliphatic carbocycles. The fourth-order valence-electron chi connectivity index (χ4n) is 5.73. The van der Waals surface area contributed by atoms with Gasteiger partial charge in [-0.05, 0) is 49.2 Å². The molecule has 0 fully saturated rings. The fraction of sp³-hybridized carbons (Fsp3) is 0.308. The van der Waals surface area contributed by atoms with Crippen LogP contribution in [0.15, 0.2) is 68.6 Å². The van der Waals surface area contributed by atoms with Crippen LogP contribution in [0.3, 0.4) is 0 Å². The Hall–Kier alpha value is -8.15. The highest BCUT2D eigenvalue weighted by atomic mass is 17.2. The maximum absolute atomic E-state index is 14.4. The number of amides is 3. The quantitative estimate of drug-likeness (QED) is 0.0493. The topological polar surface area (TPSA) is 296 Å². The van der Waals surface area contributed by atoms with Crippen LogP contribution in [0.5, 0.6) is 28.7 Å². The summed E-state index contributed by atoms with van der Waals surface area (Å²) in [4.78, 5) is 127. The number of methoxy groups -OCH3 is 4. The SMILES string of the molecule is COOc1cccc2c(=O)n(CCCN(CCCN(CC(N)=O)C(=O)c3cccc(OC(=O)OC)c3OC(=O)OC)C(=O)c3cccc(OC(=O)OC)c3OC(=O)OC)c(=O)oc12. The van der Waals surface area contributed by atoms with E-state index in [0.29, 0.717) is 0 Å². The average molecular weight is 885 g/mol. The highest BCUT2D eigenvalue weighted by Crippen LogP contribution is 2.35. The number of carbonyl (C=O) groups excluding carboxylic acids is 7. The molecule has 1 aromatic heterocycles. The lowest BCUT2D eigenvalue weighted by Crippen LogP contribution is -2.41. The van der Waals surface area contributed by atoms with Crippen molar-refractivity contribution in [3.8, 4) is 28.7 Å². The molecule has 3 aromatic carbocycles. The summed E-state index contributed by atoms with van der Waals surface area (Å²) in [6.07, 6.45) is -5.27. The van der Waals surface area contributed by atoms with Gasteiger partial charge in [0.2, 0.25) is 11.7 Å². The van der Waals surface area contributed by atoms with Crippen molar-refractivity contribution >= 4 is 53.3 Å². The van der Waals surface area contributed by atoms with Gasteiger partial charge in [0.15, 0.2) is 28.6 Å². The number of benzene rings is 3. The molecule has 0 atom stereocenters. The first-order valence-corrected chi connectivity index (χ1v) is 18.2. The molecule has 24 nitrogen and oxygen atoms in total. The fourth-order valence-corrected chi connectivity index (χ4v) is 5.73. The van der Waals surface area contributed by atoms with Gasteiger partial charge in [-0.25, -0.2) is 28.5 Å². The van der Waals surface area contributed by atoms with Crippen molar-refractivity contribution in [1.29, 1.82) is 0 Å². The van der Waals surface area contributed by atoms with Crippen molar-refractivity contribution in [3.63, 3.8) is 0 Å². The number of fused-ring (bicyclic) bond motifs is 1. The predicted octanol–water partition coefficient (Wildman–Crippen LogP) is 3.03. The number of nitrogens with two attached hydrogens (primary N) is 1. The third kappa shape index (κ3) is 12.2. The zero-order valence-electron chi connectivity index (χ0n) is 34.2. The molecule has 0 saturated heterocycles. The molecule has 336 valence electrons. The van der Waals surface area contributed by atoms with E-state index in [2.05, 4.69) is 23.8 Å². The van der Waals surface area contributed by atoms with Crippen molar-refractivity contribution in [1.82, 2.24) is 14.4 Å². The molecular formula is C39H40N4O20. The van der Waals surface area contributed by atoms with Crippen molar-refractivity contribution in [3.05, 3.63) is 86.6 Å². The minimum absolute atomic E-state index is 0.0224. The second kappa shape index (κ2) is 22.5. The van der Waals surface area contributed by atoms with E-state index in [0.717, 1.165) is 37.9 Å². The van der Waals surface area contributed by atoms with Gasteiger partial charge in [0.05, 0.1) is 58.6 Å². The van der Waals surface area contributed by atoms with Gasteiger partial charge in [-0.3, -0.25) is 19.2 Å². The van der Waals surface area contributed by atoms with Gasteiger partial charge in [0, 0.05) is 26.2 Å². The number of aromatic nitrogens is 1. The summed E-state index contributed by atoms with van der Waals surface area (Å²) in [5, 5.41) is -0.0224. The Kier molecular flexibility index (Phi) is 16.9. The minimum Gasteiger partial charge on any atom is -0.437 e. The van der Waals surface area contributed by atoms with E-state index in [1.54, 1.807) is 0 Å². The lowest BCUT2D eigenvalue weighted by Gasteiger charge is -2.27. The minimum atomic E-state index is -1.30. The molecule has 0 saturated carbocycles. The lowest BCUT2D eigenvalue weighted by atomic mass is 10.1. The Labute approximate surface area is 355 Å². The Morgan fingerprint density at radius 3 is 1.57 bits per heavy atom. The van der Waals surface area contributed by atoms with Crippen LogP contribution < -0.4 is 40.9 Å². The second-order valence-corrected chi connectivity index (χ2v) is 12.4. The maximum Gasteiger partial charge on any atom is 0.513 e. The van der Waals surface area contributed by atoms with E-state index in [-0.39, 0.29) is 66.9 Å². The first-order valence-electron chi connectivity index (χ1n) is 18.2. The van der Waals surface area contributed by atoms with Gasteiger partial charge >= 0.3 is 30.4 Å². The highest BCUT2D eigenvalue weighted by molar-refractivity contribution is 6.00. The van der Waals surface area contributed by atoms with Gasteiger partial charge in [0.1, 0.15) is 0 Å². The summed E-state index contributed by atoms with van der Waals surface area (Å²) >= 11 is 0. The number of nitrogens with zero attached hydrogens (tertiary/aromatic N) is 3. The van der Waals surface area contributed by atoms with Crippen LogP contribution in [0.1, 0.15) is 33.6 Å². The van der Waals surface area contributed by atoms with Gasteiger partial charge in [0.25, 0.3) is 17.4 Å². The number of hydrogen-bond donors (Lipinski definition) is 1. The largest absolute Gasteiger partial charge is 0.513 e. The molecule has 63 heavy (non-hydrogen) atoms. The second-order valence-electron chi connectivity index (χ2n) is 12.4. The molecule has 0 unspecified atom stereocenters. The average Bonchev–Trinajstić information content (AvgIpc) is 3.26. The molecule has 0 spiro atoms. The summed E-state index contributed by atoms with van der Waals surface area (Å²) in [6, 6.07) is 11.7. The van der Waals surface area contributed by atoms with Crippen molar-refractivity contribution < 1.29 is 85.6 Å². The van der Waals surface area contributed by atoms with E-state index >= 15 is 0 Å². The normalized spacial score (nSPS) is 10.5. The van der Waals surface area contributed by atoms with Crippen molar-refractivity contribution in [2.45, 2.75) is 19.4 Å². The van der Waals surface area contributed by atoms with Gasteiger partial charge < -0.3 is 62.7 Å². The summed E-state index contributed by atoms with van der Waals surface area (Å²) in [5.41, 5.74) is 3.84. The predicted molar refractivity (Wildman–Crippen MR) is 210 cm³/mol. The molecule has 4 aromatic rings. The van der Waals surface area contributed by atoms with E-state index in [4.69, 9.17) is 34.0 Å². The number of ether oxygens (including phenoxy) is 8. The zero-order valence-corrected chi connectivity index (χ0v) is 34.2. The molecule has 1 heterocycles. The smallest absolute Gasteiger partial charge is 0.437 e. The monoisotopic (exact) mass is 884 g/mol. The molecule has 3 amide bonds. The van der Waals surface area contributed by atoms with Crippen LogP contribution in [0, 0.1) is 0 Å². The molecular weight excluding hydrogens is 844 g/mol. The summed E-state index contributed by atoms with van der Waals surface area (Å²) in [6.45, 7) is -1.80. The molecule has 0 radical (unpaired) electrons. The van der Waals surface area contributed by atoms with Gasteiger partial charge in [-0.15, -0.1) is 0 Å². The van der Waals surface area contributed by atoms with E-state index < -0.39 is 83.2 Å². The number of primary amides is 1. The molecule has 2 N–H and O–H groups in total. The highest BCUT2D eigenvalue weighted by Gasteiger charge is 2.29. The Morgan fingerprint density at radius 2 is 1.06 bits per heavy atom. The summed E-state index contributed by atoms with van der Waals surface area (Å²) in [7, 11) is 5.21. The van der Waals surface area contributed by atoms with Crippen LogP contribution in [0.4, 0.5) is 19.2 Å². The Balaban J connectivity index is 1.71. The van der Waals surface area contributed by atoms with Crippen LogP contribution in [-0.4, -0.2) is 118 Å². The molecule has 0 bridgehead atoms. The summed E-state index contributed by atoms with van der Waals surface area (Å²) in [5.74, 6) is -5.86. The van der Waals surface area contributed by atoms with E-state index in [1.165, 1.54) is 66.6 Å². The van der Waals surface area contributed by atoms with E-state index in [9.17, 15) is 43.2 Å². The number of rotatable bonds is 18. The first kappa shape index (κ1) is 47.5. The van der Waals surface area contributed by atoms with Crippen LogP contribution in [0.25, 0.3) is 11.0 Å². The summed E-state index contributed by atoms with van der Waals surface area (Å²) < 4.78 is 44.8. The van der Waals surface area contributed by atoms with Crippen LogP contribution >= 0.6 is 0 Å². The molecule has 24 heteroatoms. The number of hydrogen-bond acceptors (Lipinski definition) is 20. The van der Waals surface area contributed by atoms with Gasteiger partial charge in [-0.2, -0.15) is 4.89 Å². The number of para-hydroxylation sites is 3. The third-order valence-electron chi connectivity index (χ3n) is 8.47. The molecule has 4 rings (SSSR count). The molecule has 0 aliphatic rings. The third-order valence-corrected chi connectivity index (χ3v) is 8.47. The van der Waals surface area contributed by atoms with E-state index in [1.807, 2.05) is 0 Å². The zero-order chi connectivity index (χ0) is 46.2. The van der Waals surface area contributed by atoms with Crippen LogP contribution in [-0.2, 0) is 35.2 Å². The van der Waals surface area contributed by atoms with Crippen LogP contribution in [0.2, 0.25) is 0 Å².